The van der Waals surface area contributed by atoms with Gasteiger partial charge in [-0.2, -0.15) is 0 Å². The van der Waals surface area contributed by atoms with Crippen LogP contribution in [0.25, 0.3) is 32.7 Å². The number of rotatable bonds is 0. The summed E-state index contributed by atoms with van der Waals surface area (Å²) >= 11 is 0. The molecule has 0 heteroatoms. The third-order valence-electron chi connectivity index (χ3n) is 7.54. The van der Waals surface area contributed by atoms with Crippen molar-refractivity contribution in [3.8, 4) is 0 Å². The van der Waals surface area contributed by atoms with Crippen molar-refractivity contribution >= 4 is 32.7 Å². The fraction of sp³-hybridized carbons (Fsp3) is 0.267. The molecule has 4 aromatic carbocycles. The minimum absolute atomic E-state index is 0.589. The van der Waals surface area contributed by atoms with E-state index in [9.17, 15) is 0 Å². The van der Waals surface area contributed by atoms with Gasteiger partial charge in [0.1, 0.15) is 0 Å². The minimum Gasteiger partial charge on any atom is -0.0616 e. The highest BCUT2D eigenvalue weighted by Crippen LogP contribution is 2.50. The molecule has 0 nitrogen and oxygen atoms in total. The molecule has 0 bridgehead atoms. The second kappa shape index (κ2) is 6.84. The standard InChI is InChI=1S/C30H28/c1-19-11-13-23-17-15-21-7-3-5-9-25(21)29(23)27(19)28-20(2)12-14-24-18-16-22-8-4-6-10-26(22)30(24)28/h3-10,15-20H,11-14H2,1-2H3/b28-27+/t19-,20-/m1/s1. The molecule has 4 aromatic rings. The van der Waals surface area contributed by atoms with Gasteiger partial charge in [-0.3, -0.25) is 0 Å². The van der Waals surface area contributed by atoms with Crippen molar-refractivity contribution in [2.75, 3.05) is 0 Å². The van der Waals surface area contributed by atoms with E-state index >= 15 is 0 Å². The summed E-state index contributed by atoms with van der Waals surface area (Å²) in [5, 5.41) is 5.60. The van der Waals surface area contributed by atoms with Crippen LogP contribution in [-0.4, -0.2) is 0 Å². The SMILES string of the molecule is C[C@@H]1CCc2ccc3ccccc3c2/C1=C1/c2c(ccc3ccccc23)CC[C@H]1C. The van der Waals surface area contributed by atoms with E-state index < -0.39 is 0 Å². The fourth-order valence-electron chi connectivity index (χ4n) is 6.01. The zero-order valence-electron chi connectivity index (χ0n) is 17.9. The Kier molecular flexibility index (Phi) is 4.09. The van der Waals surface area contributed by atoms with Gasteiger partial charge in [-0.05, 0) is 92.5 Å². The first-order valence-corrected chi connectivity index (χ1v) is 11.5. The molecule has 30 heavy (non-hydrogen) atoms. The van der Waals surface area contributed by atoms with Crippen LogP contribution in [0.2, 0.25) is 0 Å². The van der Waals surface area contributed by atoms with Gasteiger partial charge in [-0.25, -0.2) is 0 Å². The molecule has 2 atom stereocenters. The molecule has 0 saturated heterocycles. The first kappa shape index (κ1) is 18.0. The van der Waals surface area contributed by atoms with E-state index in [0.29, 0.717) is 11.8 Å². The van der Waals surface area contributed by atoms with Gasteiger partial charge in [-0.1, -0.05) is 86.6 Å². The van der Waals surface area contributed by atoms with E-state index in [1.807, 2.05) is 0 Å². The van der Waals surface area contributed by atoms with Gasteiger partial charge in [0.05, 0.1) is 0 Å². The summed E-state index contributed by atoms with van der Waals surface area (Å²) in [4.78, 5) is 0. The molecule has 0 spiro atoms. The third-order valence-corrected chi connectivity index (χ3v) is 7.54. The fourth-order valence-corrected chi connectivity index (χ4v) is 6.01. The molecule has 0 N–H and O–H groups in total. The minimum atomic E-state index is 0.589. The summed E-state index contributed by atoms with van der Waals surface area (Å²) in [6.45, 7) is 4.92. The number of aryl methyl sites for hydroxylation is 2. The molecule has 2 aliphatic carbocycles. The Hall–Kier alpha value is -2.86. The van der Waals surface area contributed by atoms with Crippen molar-refractivity contribution in [3.63, 3.8) is 0 Å². The predicted octanol–water partition coefficient (Wildman–Crippen LogP) is 8.07. The molecule has 2 aliphatic rings. The molecule has 0 aliphatic heterocycles. The first-order chi connectivity index (χ1) is 14.7. The Morgan fingerprint density at radius 1 is 0.533 bits per heavy atom. The van der Waals surface area contributed by atoms with Gasteiger partial charge in [0.25, 0.3) is 0 Å². The van der Waals surface area contributed by atoms with Crippen molar-refractivity contribution in [2.24, 2.45) is 11.8 Å². The maximum absolute atomic E-state index is 2.46. The first-order valence-electron chi connectivity index (χ1n) is 11.5. The van der Waals surface area contributed by atoms with Crippen molar-refractivity contribution in [1.29, 1.82) is 0 Å². The number of fused-ring (bicyclic) bond motifs is 6. The van der Waals surface area contributed by atoms with E-state index in [-0.39, 0.29) is 0 Å². The van der Waals surface area contributed by atoms with E-state index in [0.717, 1.165) is 0 Å². The number of benzene rings is 4. The molecule has 0 amide bonds. The Morgan fingerprint density at radius 2 is 0.967 bits per heavy atom. The lowest BCUT2D eigenvalue weighted by molar-refractivity contribution is 0.617. The smallest absolute Gasteiger partial charge is 0.0106 e. The van der Waals surface area contributed by atoms with Crippen LogP contribution < -0.4 is 0 Å². The van der Waals surface area contributed by atoms with E-state index in [2.05, 4.69) is 86.6 Å². The highest BCUT2D eigenvalue weighted by atomic mass is 14.4. The van der Waals surface area contributed by atoms with Crippen molar-refractivity contribution in [1.82, 2.24) is 0 Å². The normalized spacial score (nSPS) is 23.4. The zero-order chi connectivity index (χ0) is 20.2. The zero-order valence-corrected chi connectivity index (χ0v) is 17.9. The summed E-state index contributed by atoms with van der Waals surface area (Å²) in [7, 11) is 0. The third kappa shape index (κ3) is 2.59. The quantitative estimate of drug-likeness (QED) is 0.286. The Morgan fingerprint density at radius 3 is 1.43 bits per heavy atom. The molecule has 148 valence electrons. The van der Waals surface area contributed by atoms with Gasteiger partial charge < -0.3 is 0 Å². The molecule has 0 fully saturated rings. The summed E-state index contributed by atoms with van der Waals surface area (Å²) in [6, 6.07) is 27.4. The van der Waals surface area contributed by atoms with E-state index in [1.165, 1.54) is 69.5 Å². The van der Waals surface area contributed by atoms with Gasteiger partial charge in [0, 0.05) is 0 Å². The molecular formula is C30H28. The largest absolute Gasteiger partial charge is 0.0616 e. The lowest BCUT2D eigenvalue weighted by atomic mass is 9.69. The van der Waals surface area contributed by atoms with Crippen molar-refractivity contribution in [3.05, 3.63) is 95.1 Å². The molecule has 0 aromatic heterocycles. The number of hydrogen-bond donors (Lipinski definition) is 0. The Labute approximate surface area is 179 Å². The van der Waals surface area contributed by atoms with Crippen LogP contribution in [0.4, 0.5) is 0 Å². The Bertz CT molecular complexity index is 1220. The molecule has 0 radical (unpaired) electrons. The lowest BCUT2D eigenvalue weighted by Crippen LogP contribution is -2.19. The van der Waals surface area contributed by atoms with Gasteiger partial charge in [0.2, 0.25) is 0 Å². The topological polar surface area (TPSA) is 0 Å². The average Bonchev–Trinajstić information content (AvgIpc) is 2.79. The van der Waals surface area contributed by atoms with Gasteiger partial charge >= 0.3 is 0 Å². The van der Waals surface area contributed by atoms with Gasteiger partial charge in [-0.15, -0.1) is 0 Å². The van der Waals surface area contributed by atoms with Crippen LogP contribution >= 0.6 is 0 Å². The summed E-state index contributed by atoms with van der Waals surface area (Å²) in [5.41, 5.74) is 9.39. The van der Waals surface area contributed by atoms with Crippen LogP contribution in [-0.2, 0) is 12.8 Å². The number of hydrogen-bond acceptors (Lipinski definition) is 0. The van der Waals surface area contributed by atoms with Crippen molar-refractivity contribution < 1.29 is 0 Å². The predicted molar refractivity (Wildman–Crippen MR) is 130 cm³/mol. The second-order valence-corrected chi connectivity index (χ2v) is 9.35. The molecule has 0 heterocycles. The lowest BCUT2D eigenvalue weighted by Gasteiger charge is -2.35. The number of allylic oxidation sites excluding steroid dienone is 2. The summed E-state index contributed by atoms with van der Waals surface area (Å²) in [6.07, 6.45) is 4.87. The van der Waals surface area contributed by atoms with E-state index in [1.54, 1.807) is 11.1 Å². The average molecular weight is 389 g/mol. The molecule has 6 rings (SSSR count). The highest BCUT2D eigenvalue weighted by molar-refractivity contribution is 6.08. The summed E-state index contributed by atoms with van der Waals surface area (Å²) < 4.78 is 0. The maximum Gasteiger partial charge on any atom is -0.0106 e. The van der Waals surface area contributed by atoms with Gasteiger partial charge in [0.15, 0.2) is 0 Å². The molecule has 0 saturated carbocycles. The highest BCUT2D eigenvalue weighted by Gasteiger charge is 2.31. The van der Waals surface area contributed by atoms with Crippen LogP contribution in [0, 0.1) is 11.8 Å². The van der Waals surface area contributed by atoms with Crippen LogP contribution in [0.3, 0.4) is 0 Å². The second-order valence-electron chi connectivity index (χ2n) is 9.35. The van der Waals surface area contributed by atoms with Crippen LogP contribution in [0.15, 0.2) is 72.8 Å². The van der Waals surface area contributed by atoms with E-state index in [4.69, 9.17) is 0 Å². The molecule has 0 unspecified atom stereocenters. The summed E-state index contributed by atoms with van der Waals surface area (Å²) in [5.74, 6) is 1.18. The maximum atomic E-state index is 2.46. The monoisotopic (exact) mass is 388 g/mol. The van der Waals surface area contributed by atoms with Crippen molar-refractivity contribution in [2.45, 2.75) is 39.5 Å². The Balaban J connectivity index is 1.77. The van der Waals surface area contributed by atoms with Crippen LogP contribution in [0.5, 0.6) is 0 Å². The van der Waals surface area contributed by atoms with Crippen LogP contribution in [0.1, 0.15) is 48.9 Å². The molecular weight excluding hydrogens is 360 g/mol.